The highest BCUT2D eigenvalue weighted by atomic mass is 16.5. The lowest BCUT2D eigenvalue weighted by Gasteiger charge is -2.43. The average Bonchev–Trinajstić information content (AvgIpc) is 2.57. The number of carbonyl (C=O) groups is 1. The first kappa shape index (κ1) is 16.1. The number of carbonyl (C=O) groups excluding carboxylic acids is 1. The van der Waals surface area contributed by atoms with E-state index in [-0.39, 0.29) is 17.7 Å². The summed E-state index contributed by atoms with van der Waals surface area (Å²) in [6, 6.07) is 9.04. The molecule has 4 heteroatoms. The Labute approximate surface area is 142 Å². The minimum atomic E-state index is -0.268. The molecule has 0 radical (unpaired) electrons. The Kier molecular flexibility index (Phi) is 3.84. The Morgan fingerprint density at radius 2 is 1.83 bits per heavy atom. The van der Waals surface area contributed by atoms with E-state index in [1.807, 2.05) is 45.0 Å². The number of β-lactam (4-membered cyclic amide) rings is 1. The monoisotopic (exact) mass is 323 g/mol. The van der Waals surface area contributed by atoms with Crippen molar-refractivity contribution in [3.8, 4) is 11.5 Å². The molecule has 1 heterocycles. The summed E-state index contributed by atoms with van der Waals surface area (Å²) < 4.78 is 5.42. The van der Waals surface area contributed by atoms with E-state index in [1.54, 1.807) is 18.1 Å². The molecule has 0 saturated carbocycles. The molecule has 2 aromatic carbocycles. The third kappa shape index (κ3) is 2.35. The fourth-order valence-corrected chi connectivity index (χ4v) is 3.05. The summed E-state index contributed by atoms with van der Waals surface area (Å²) in [7, 11) is 1.62. The number of ether oxygens (including phenoxy) is 1. The molecule has 2 aromatic rings. The minimum Gasteiger partial charge on any atom is -0.508 e. The van der Waals surface area contributed by atoms with Crippen LogP contribution in [0.25, 0.3) is 0 Å². The normalized spacial score (nSPS) is 17.0. The van der Waals surface area contributed by atoms with Crippen LogP contribution >= 0.6 is 0 Å². The molecule has 1 N–H and O–H groups in total. The first-order valence-electron chi connectivity index (χ1n) is 7.82. The number of rotatable bonds is 3. The second-order valence-corrected chi connectivity index (χ2v) is 6.24. The number of phenols is 1. The van der Waals surface area contributed by atoms with Crippen molar-refractivity contribution in [2.45, 2.75) is 26.8 Å². The van der Waals surface area contributed by atoms with E-state index in [0.717, 1.165) is 33.7 Å². The first-order chi connectivity index (χ1) is 11.3. The maximum absolute atomic E-state index is 12.4. The lowest BCUT2D eigenvalue weighted by atomic mass is 9.87. The van der Waals surface area contributed by atoms with Crippen LogP contribution in [0.3, 0.4) is 0 Å². The number of hydrogen-bond acceptors (Lipinski definition) is 3. The van der Waals surface area contributed by atoms with Gasteiger partial charge >= 0.3 is 0 Å². The number of phenolic OH excluding ortho intramolecular Hbond substituents is 1. The van der Waals surface area contributed by atoms with E-state index < -0.39 is 0 Å². The summed E-state index contributed by atoms with van der Waals surface area (Å²) in [5, 5.41) is 9.99. The van der Waals surface area contributed by atoms with Gasteiger partial charge in [-0.1, -0.05) is 18.7 Å². The van der Waals surface area contributed by atoms with Crippen molar-refractivity contribution in [2.24, 2.45) is 0 Å². The molecule has 1 fully saturated rings. The molecule has 0 aliphatic carbocycles. The van der Waals surface area contributed by atoms with E-state index >= 15 is 0 Å². The Morgan fingerprint density at radius 1 is 1.12 bits per heavy atom. The minimum absolute atomic E-state index is 0.106. The highest BCUT2D eigenvalue weighted by Gasteiger charge is 2.43. The molecule has 1 atom stereocenters. The number of benzene rings is 2. The van der Waals surface area contributed by atoms with Crippen molar-refractivity contribution in [3.63, 3.8) is 0 Å². The largest absolute Gasteiger partial charge is 0.508 e. The van der Waals surface area contributed by atoms with E-state index in [2.05, 4.69) is 6.58 Å². The zero-order chi connectivity index (χ0) is 17.6. The number of aryl methyl sites for hydroxylation is 2. The highest BCUT2D eigenvalue weighted by Crippen LogP contribution is 2.44. The lowest BCUT2D eigenvalue weighted by Crippen LogP contribution is -2.48. The van der Waals surface area contributed by atoms with Gasteiger partial charge in [0.15, 0.2) is 0 Å². The maximum atomic E-state index is 12.4. The summed E-state index contributed by atoms with van der Waals surface area (Å²) in [5.74, 6) is 0.864. The number of nitrogens with zero attached hydrogens (tertiary/aromatic N) is 1. The number of methoxy groups -OCH3 is 1. The van der Waals surface area contributed by atoms with Crippen LogP contribution in [0, 0.1) is 20.8 Å². The summed E-state index contributed by atoms with van der Waals surface area (Å²) >= 11 is 0. The number of amides is 1. The van der Waals surface area contributed by atoms with Gasteiger partial charge in [-0.25, -0.2) is 0 Å². The van der Waals surface area contributed by atoms with Crippen LogP contribution in [-0.4, -0.2) is 18.1 Å². The van der Waals surface area contributed by atoms with Gasteiger partial charge in [-0.2, -0.15) is 0 Å². The van der Waals surface area contributed by atoms with Gasteiger partial charge in [0.1, 0.15) is 11.5 Å². The van der Waals surface area contributed by atoms with Crippen molar-refractivity contribution >= 4 is 11.6 Å². The molecule has 4 nitrogen and oxygen atoms in total. The molecule has 1 unspecified atom stereocenters. The zero-order valence-electron chi connectivity index (χ0n) is 14.4. The molecular formula is C20H21NO3. The molecule has 0 bridgehead atoms. The van der Waals surface area contributed by atoms with Crippen LogP contribution in [0.15, 0.2) is 42.5 Å². The molecule has 124 valence electrons. The molecule has 0 aromatic heterocycles. The highest BCUT2D eigenvalue weighted by molar-refractivity contribution is 6.15. The first-order valence-corrected chi connectivity index (χ1v) is 7.82. The second-order valence-electron chi connectivity index (χ2n) is 6.24. The van der Waals surface area contributed by atoms with Gasteiger partial charge in [0.2, 0.25) is 0 Å². The van der Waals surface area contributed by atoms with E-state index in [4.69, 9.17) is 4.74 Å². The SMILES string of the molecule is C=C1C(=O)N(c2cc(C)c(C)c(OC)c2)C1c1ccc(C)c(O)c1. The van der Waals surface area contributed by atoms with Gasteiger partial charge in [-0.05, 0) is 55.2 Å². The van der Waals surface area contributed by atoms with Crippen molar-refractivity contribution in [3.05, 3.63) is 64.7 Å². The van der Waals surface area contributed by atoms with Crippen molar-refractivity contribution in [1.82, 2.24) is 0 Å². The van der Waals surface area contributed by atoms with Gasteiger partial charge < -0.3 is 9.84 Å². The summed E-state index contributed by atoms with van der Waals surface area (Å²) in [6.07, 6.45) is 0. The fraction of sp³-hybridized carbons (Fsp3) is 0.250. The van der Waals surface area contributed by atoms with Crippen molar-refractivity contribution in [2.75, 3.05) is 12.0 Å². The molecule has 1 aliphatic rings. The molecule has 0 spiro atoms. The van der Waals surface area contributed by atoms with Gasteiger partial charge in [0.05, 0.1) is 13.2 Å². The molecule has 1 saturated heterocycles. The number of aromatic hydroxyl groups is 1. The average molecular weight is 323 g/mol. The summed E-state index contributed by atoms with van der Waals surface area (Å²) in [5.41, 5.74) is 5.06. The molecule has 3 rings (SSSR count). The number of hydrogen-bond donors (Lipinski definition) is 1. The Balaban J connectivity index is 2.06. The van der Waals surface area contributed by atoms with Crippen LogP contribution in [0.2, 0.25) is 0 Å². The third-order valence-corrected chi connectivity index (χ3v) is 4.73. The van der Waals surface area contributed by atoms with Gasteiger partial charge in [-0.3, -0.25) is 9.69 Å². The van der Waals surface area contributed by atoms with Crippen LogP contribution in [0.5, 0.6) is 11.5 Å². The van der Waals surface area contributed by atoms with Crippen LogP contribution in [0.4, 0.5) is 5.69 Å². The zero-order valence-corrected chi connectivity index (χ0v) is 14.4. The summed E-state index contributed by atoms with van der Waals surface area (Å²) in [4.78, 5) is 14.1. The molecule has 1 amide bonds. The predicted molar refractivity (Wildman–Crippen MR) is 94.7 cm³/mol. The van der Waals surface area contributed by atoms with E-state index in [1.165, 1.54) is 0 Å². The van der Waals surface area contributed by atoms with Crippen LogP contribution in [-0.2, 0) is 4.79 Å². The van der Waals surface area contributed by atoms with Crippen molar-refractivity contribution < 1.29 is 14.6 Å². The fourth-order valence-electron chi connectivity index (χ4n) is 3.05. The van der Waals surface area contributed by atoms with E-state index in [0.29, 0.717) is 5.57 Å². The quantitative estimate of drug-likeness (QED) is 0.687. The molecular weight excluding hydrogens is 302 g/mol. The van der Waals surface area contributed by atoms with Gasteiger partial charge in [-0.15, -0.1) is 0 Å². The van der Waals surface area contributed by atoms with Crippen molar-refractivity contribution in [1.29, 1.82) is 0 Å². The Hall–Kier alpha value is -2.75. The van der Waals surface area contributed by atoms with Gasteiger partial charge in [0.25, 0.3) is 5.91 Å². The molecule has 24 heavy (non-hydrogen) atoms. The summed E-state index contributed by atoms with van der Waals surface area (Å²) in [6.45, 7) is 9.73. The van der Waals surface area contributed by atoms with E-state index in [9.17, 15) is 9.90 Å². The Bertz CT molecular complexity index is 854. The lowest BCUT2D eigenvalue weighted by molar-refractivity contribution is -0.118. The predicted octanol–water partition coefficient (Wildman–Crippen LogP) is 3.97. The standard InChI is InChI=1S/C20H21NO3/c1-11-6-7-15(9-17(11)22)19-14(4)20(23)21(19)16-8-12(2)13(3)18(10-16)24-5/h6-10,19,22H,4H2,1-3,5H3. The van der Waals surface area contributed by atoms with Crippen LogP contribution < -0.4 is 9.64 Å². The number of anilines is 1. The second kappa shape index (κ2) is 5.71. The molecule has 1 aliphatic heterocycles. The maximum Gasteiger partial charge on any atom is 0.256 e. The third-order valence-electron chi connectivity index (χ3n) is 4.73. The smallest absolute Gasteiger partial charge is 0.256 e. The van der Waals surface area contributed by atoms with Crippen LogP contribution in [0.1, 0.15) is 28.3 Å². The topological polar surface area (TPSA) is 49.8 Å². The Morgan fingerprint density at radius 3 is 2.46 bits per heavy atom. The van der Waals surface area contributed by atoms with Gasteiger partial charge in [0, 0.05) is 17.3 Å².